The van der Waals surface area contributed by atoms with Crippen LogP contribution in [0.4, 0.5) is 0 Å². The van der Waals surface area contributed by atoms with E-state index < -0.39 is 0 Å². The Morgan fingerprint density at radius 1 is 0.372 bits per heavy atom. The summed E-state index contributed by atoms with van der Waals surface area (Å²) in [6, 6.07) is 54.1. The molecule has 0 N–H and O–H groups in total. The van der Waals surface area contributed by atoms with Crippen LogP contribution in [0.2, 0.25) is 0 Å². The first-order valence-electron chi connectivity index (χ1n) is 15.2. The monoisotopic (exact) mass is 546 g/mol. The van der Waals surface area contributed by atoms with Crippen LogP contribution >= 0.6 is 0 Å². The van der Waals surface area contributed by atoms with Crippen molar-refractivity contribution >= 4 is 43.1 Å². The van der Waals surface area contributed by atoms with Crippen LogP contribution in [0, 0.1) is 0 Å². The van der Waals surface area contributed by atoms with Crippen molar-refractivity contribution in [2.75, 3.05) is 0 Å². The lowest BCUT2D eigenvalue weighted by Crippen LogP contribution is -2.16. The van der Waals surface area contributed by atoms with E-state index in [0.717, 1.165) is 0 Å². The minimum Gasteiger partial charge on any atom is -0.0616 e. The van der Waals surface area contributed by atoms with E-state index in [0.29, 0.717) is 0 Å². The molecule has 0 heteroatoms. The first-order chi connectivity index (χ1) is 21.1. The molecular formula is C43H30. The van der Waals surface area contributed by atoms with Gasteiger partial charge in [-0.1, -0.05) is 141 Å². The van der Waals surface area contributed by atoms with Crippen LogP contribution in [0.15, 0.2) is 146 Å². The van der Waals surface area contributed by atoms with E-state index in [4.69, 9.17) is 0 Å². The molecule has 0 atom stereocenters. The lowest BCUT2D eigenvalue weighted by molar-refractivity contribution is 0.663. The van der Waals surface area contributed by atoms with Crippen molar-refractivity contribution in [3.63, 3.8) is 0 Å². The molecule has 0 heterocycles. The van der Waals surface area contributed by atoms with Crippen molar-refractivity contribution in [2.45, 2.75) is 19.3 Å². The molecule has 0 nitrogen and oxygen atoms in total. The third-order valence-corrected chi connectivity index (χ3v) is 9.78. The normalized spacial score (nSPS) is 13.5. The van der Waals surface area contributed by atoms with Crippen LogP contribution in [0.1, 0.15) is 25.0 Å². The first kappa shape index (κ1) is 24.4. The molecule has 8 aromatic rings. The van der Waals surface area contributed by atoms with Crippen LogP contribution in [0.5, 0.6) is 0 Å². The van der Waals surface area contributed by atoms with E-state index in [1.54, 1.807) is 0 Å². The Balaban J connectivity index is 1.38. The Bertz CT molecular complexity index is 2360. The number of rotatable bonds is 2. The van der Waals surface area contributed by atoms with E-state index in [-0.39, 0.29) is 5.41 Å². The summed E-state index contributed by atoms with van der Waals surface area (Å²) in [7, 11) is 0. The highest BCUT2D eigenvalue weighted by molar-refractivity contribution is 6.22. The van der Waals surface area contributed by atoms with Gasteiger partial charge in [0.1, 0.15) is 0 Å². The maximum Gasteiger partial charge on any atom is 0.0165 e. The van der Waals surface area contributed by atoms with E-state index in [2.05, 4.69) is 159 Å². The molecule has 43 heavy (non-hydrogen) atoms. The molecule has 0 radical (unpaired) electrons. The number of fused-ring (bicyclic) bond motifs is 7. The Morgan fingerprint density at radius 2 is 0.884 bits per heavy atom. The molecule has 9 rings (SSSR count). The molecule has 0 spiro atoms. The van der Waals surface area contributed by atoms with Gasteiger partial charge in [-0.15, -0.1) is 0 Å². The van der Waals surface area contributed by atoms with E-state index in [1.165, 1.54) is 87.6 Å². The minimum absolute atomic E-state index is 0.134. The van der Waals surface area contributed by atoms with E-state index in [1.807, 2.05) is 0 Å². The molecular weight excluding hydrogens is 516 g/mol. The topological polar surface area (TPSA) is 0 Å². The highest BCUT2D eigenvalue weighted by Gasteiger charge is 2.38. The van der Waals surface area contributed by atoms with Crippen molar-refractivity contribution in [1.29, 1.82) is 0 Å². The Hall–Kier alpha value is -5.20. The zero-order chi connectivity index (χ0) is 28.7. The van der Waals surface area contributed by atoms with Gasteiger partial charge in [0, 0.05) is 5.41 Å². The maximum absolute atomic E-state index is 2.42. The summed E-state index contributed by atoms with van der Waals surface area (Å²) in [4.78, 5) is 0. The zero-order valence-electron chi connectivity index (χ0n) is 24.4. The number of benzene rings is 8. The van der Waals surface area contributed by atoms with Crippen molar-refractivity contribution in [2.24, 2.45) is 0 Å². The molecule has 0 aliphatic heterocycles. The van der Waals surface area contributed by atoms with E-state index in [9.17, 15) is 0 Å². The minimum atomic E-state index is -0.134. The smallest absolute Gasteiger partial charge is 0.0165 e. The SMILES string of the molecule is CC1(C)c2cc3ccccc3cc2-c2cccc(-c3c4ccccc4c(-c4ccc5ccccc5c4)c4ccccc34)c21. The summed E-state index contributed by atoms with van der Waals surface area (Å²) < 4.78 is 0. The van der Waals surface area contributed by atoms with Gasteiger partial charge in [0.2, 0.25) is 0 Å². The summed E-state index contributed by atoms with van der Waals surface area (Å²) in [6.45, 7) is 4.81. The van der Waals surface area contributed by atoms with Gasteiger partial charge in [0.05, 0.1) is 0 Å². The maximum atomic E-state index is 2.42. The van der Waals surface area contributed by atoms with Crippen molar-refractivity contribution in [3.05, 3.63) is 157 Å². The number of hydrogen-bond donors (Lipinski definition) is 0. The second-order valence-electron chi connectivity index (χ2n) is 12.5. The van der Waals surface area contributed by atoms with Crippen molar-refractivity contribution < 1.29 is 0 Å². The second-order valence-corrected chi connectivity index (χ2v) is 12.5. The fourth-order valence-electron chi connectivity index (χ4n) is 7.85. The lowest BCUT2D eigenvalue weighted by Gasteiger charge is -2.26. The molecule has 0 saturated carbocycles. The molecule has 1 aliphatic carbocycles. The van der Waals surface area contributed by atoms with Gasteiger partial charge in [-0.2, -0.15) is 0 Å². The summed E-state index contributed by atoms with van der Waals surface area (Å²) in [5.74, 6) is 0. The average Bonchev–Trinajstić information content (AvgIpc) is 3.28. The van der Waals surface area contributed by atoms with E-state index >= 15 is 0 Å². The molecule has 0 fully saturated rings. The van der Waals surface area contributed by atoms with Crippen LogP contribution in [0.25, 0.3) is 76.5 Å². The van der Waals surface area contributed by atoms with Gasteiger partial charge in [-0.05, 0) is 106 Å². The van der Waals surface area contributed by atoms with Gasteiger partial charge in [0.25, 0.3) is 0 Å². The Morgan fingerprint density at radius 3 is 1.53 bits per heavy atom. The zero-order valence-corrected chi connectivity index (χ0v) is 24.4. The predicted octanol–water partition coefficient (Wildman–Crippen LogP) is 11.9. The number of hydrogen-bond acceptors (Lipinski definition) is 0. The third kappa shape index (κ3) is 3.44. The van der Waals surface area contributed by atoms with Crippen LogP contribution in [-0.2, 0) is 5.41 Å². The quantitative estimate of drug-likeness (QED) is 0.189. The average molecular weight is 547 g/mol. The second kappa shape index (κ2) is 8.90. The fraction of sp³-hybridized carbons (Fsp3) is 0.0698. The van der Waals surface area contributed by atoms with Gasteiger partial charge >= 0.3 is 0 Å². The largest absolute Gasteiger partial charge is 0.0616 e. The summed E-state index contributed by atoms with van der Waals surface area (Å²) in [5, 5.41) is 10.3. The molecule has 202 valence electrons. The van der Waals surface area contributed by atoms with Gasteiger partial charge < -0.3 is 0 Å². The Labute approximate surface area is 251 Å². The van der Waals surface area contributed by atoms with Crippen molar-refractivity contribution in [1.82, 2.24) is 0 Å². The molecule has 1 aliphatic rings. The Kier molecular flexibility index (Phi) is 5.05. The molecule has 0 aromatic heterocycles. The highest BCUT2D eigenvalue weighted by Crippen LogP contribution is 2.55. The first-order valence-corrected chi connectivity index (χ1v) is 15.2. The predicted molar refractivity (Wildman–Crippen MR) is 185 cm³/mol. The summed E-state index contributed by atoms with van der Waals surface area (Å²) >= 11 is 0. The molecule has 0 bridgehead atoms. The lowest BCUT2D eigenvalue weighted by atomic mass is 9.76. The van der Waals surface area contributed by atoms with Crippen LogP contribution < -0.4 is 0 Å². The van der Waals surface area contributed by atoms with Gasteiger partial charge in [-0.25, -0.2) is 0 Å². The molecule has 0 saturated heterocycles. The standard InChI is InChI=1S/C43H30/c1-43(2)39-26-30-15-6-5-14-29(30)25-38(39)36-20-11-21-37(42(36)43)41-34-18-9-7-16-32(34)40(33-17-8-10-19-35(33)41)31-23-22-27-12-3-4-13-28(27)24-31/h3-26H,1-2H3. The third-order valence-electron chi connectivity index (χ3n) is 9.78. The van der Waals surface area contributed by atoms with Gasteiger partial charge in [0.15, 0.2) is 0 Å². The van der Waals surface area contributed by atoms with Gasteiger partial charge in [-0.3, -0.25) is 0 Å². The molecule has 0 amide bonds. The summed E-state index contributed by atoms with van der Waals surface area (Å²) in [6.07, 6.45) is 0. The van der Waals surface area contributed by atoms with Crippen molar-refractivity contribution in [3.8, 4) is 33.4 Å². The van der Waals surface area contributed by atoms with Crippen LogP contribution in [-0.4, -0.2) is 0 Å². The summed E-state index contributed by atoms with van der Waals surface area (Å²) in [5.41, 5.74) is 10.7. The highest BCUT2D eigenvalue weighted by atomic mass is 14.4. The van der Waals surface area contributed by atoms with Crippen LogP contribution in [0.3, 0.4) is 0 Å². The fourth-order valence-corrected chi connectivity index (χ4v) is 7.85. The molecule has 8 aromatic carbocycles. The molecule has 0 unspecified atom stereocenters.